The van der Waals surface area contributed by atoms with Gasteiger partial charge in [-0.2, -0.15) is 17.0 Å². The smallest absolute Gasteiger partial charge is 0.101 e. The summed E-state index contributed by atoms with van der Waals surface area (Å²) >= 11 is 2.00. The Bertz CT molecular complexity index is 416. The van der Waals surface area contributed by atoms with E-state index in [0.717, 1.165) is 16.8 Å². The van der Waals surface area contributed by atoms with Crippen LogP contribution in [0.3, 0.4) is 0 Å². The summed E-state index contributed by atoms with van der Waals surface area (Å²) in [5, 5.41) is 9.15. The van der Waals surface area contributed by atoms with Crippen LogP contribution in [0.2, 0.25) is 0 Å². The summed E-state index contributed by atoms with van der Waals surface area (Å²) < 4.78 is 0. The third kappa shape index (κ3) is 2.17. The van der Waals surface area contributed by atoms with E-state index in [1.807, 2.05) is 24.8 Å². The lowest BCUT2D eigenvalue weighted by atomic mass is 10.1. The van der Waals surface area contributed by atoms with Gasteiger partial charge in [-0.1, -0.05) is 6.07 Å². The van der Waals surface area contributed by atoms with E-state index in [9.17, 15) is 0 Å². The van der Waals surface area contributed by atoms with Crippen molar-refractivity contribution in [1.82, 2.24) is 0 Å². The van der Waals surface area contributed by atoms with Crippen molar-refractivity contribution >= 4 is 17.4 Å². The normalized spacial score (nSPS) is 19.4. The highest BCUT2D eigenvalue weighted by Gasteiger charge is 2.21. The highest BCUT2D eigenvalue weighted by Crippen LogP contribution is 2.28. The van der Waals surface area contributed by atoms with Crippen molar-refractivity contribution in [3.63, 3.8) is 0 Å². The van der Waals surface area contributed by atoms with Crippen LogP contribution in [0.15, 0.2) is 18.2 Å². The number of thioether (sulfide) groups is 1. The molecular formula is C13H16N2S. The van der Waals surface area contributed by atoms with Crippen LogP contribution in [-0.4, -0.2) is 24.6 Å². The molecule has 2 nitrogen and oxygen atoms in total. The maximum atomic E-state index is 9.15. The second kappa shape index (κ2) is 4.80. The third-order valence-corrected chi connectivity index (χ3v) is 4.25. The molecule has 0 N–H and O–H groups in total. The van der Waals surface area contributed by atoms with Gasteiger partial charge in [0.2, 0.25) is 0 Å². The zero-order valence-corrected chi connectivity index (χ0v) is 10.5. The van der Waals surface area contributed by atoms with E-state index in [0.29, 0.717) is 6.04 Å². The van der Waals surface area contributed by atoms with Crippen LogP contribution in [-0.2, 0) is 0 Å². The molecule has 0 aromatic heterocycles. The molecule has 1 saturated heterocycles. The largest absolute Gasteiger partial charge is 0.370 e. The second-order valence-corrected chi connectivity index (χ2v) is 5.41. The van der Waals surface area contributed by atoms with Gasteiger partial charge in [0.1, 0.15) is 6.07 Å². The van der Waals surface area contributed by atoms with Crippen LogP contribution in [0.1, 0.15) is 17.5 Å². The lowest BCUT2D eigenvalue weighted by Crippen LogP contribution is -2.31. The van der Waals surface area contributed by atoms with E-state index in [-0.39, 0.29) is 0 Å². The Morgan fingerprint density at radius 2 is 2.31 bits per heavy atom. The van der Waals surface area contributed by atoms with Crippen LogP contribution in [0.25, 0.3) is 0 Å². The maximum absolute atomic E-state index is 9.15. The molecule has 3 heteroatoms. The van der Waals surface area contributed by atoms with E-state index in [2.05, 4.69) is 30.1 Å². The number of rotatable bonds is 2. The van der Waals surface area contributed by atoms with E-state index < -0.39 is 0 Å². The molecule has 0 radical (unpaired) electrons. The van der Waals surface area contributed by atoms with Crippen molar-refractivity contribution in [2.75, 3.05) is 23.5 Å². The number of nitriles is 1. The Morgan fingerprint density at radius 3 is 2.94 bits per heavy atom. The molecule has 1 heterocycles. The number of anilines is 1. The standard InChI is InChI=1S/C13H16N2S/c1-10-3-4-13(11(7-10)8-14)15(2)12-5-6-16-9-12/h3-4,7,12H,5-6,9H2,1-2H3. The molecule has 1 unspecified atom stereocenters. The Kier molecular flexibility index (Phi) is 3.40. The second-order valence-electron chi connectivity index (χ2n) is 4.26. The molecule has 1 aliphatic heterocycles. The molecule has 0 saturated carbocycles. The lowest BCUT2D eigenvalue weighted by Gasteiger charge is -2.27. The minimum Gasteiger partial charge on any atom is -0.370 e. The van der Waals surface area contributed by atoms with Crippen LogP contribution in [0.5, 0.6) is 0 Å². The number of benzene rings is 1. The molecule has 1 fully saturated rings. The fourth-order valence-electron chi connectivity index (χ4n) is 2.07. The average molecular weight is 232 g/mol. The van der Waals surface area contributed by atoms with Gasteiger partial charge in [-0.05, 0) is 36.8 Å². The quantitative estimate of drug-likeness (QED) is 0.784. The Morgan fingerprint density at radius 1 is 1.50 bits per heavy atom. The molecule has 1 atom stereocenters. The van der Waals surface area contributed by atoms with E-state index in [1.165, 1.54) is 17.9 Å². The van der Waals surface area contributed by atoms with E-state index in [4.69, 9.17) is 5.26 Å². The first-order valence-corrected chi connectivity index (χ1v) is 6.69. The first kappa shape index (κ1) is 11.3. The first-order chi connectivity index (χ1) is 7.72. The number of hydrogen-bond acceptors (Lipinski definition) is 3. The van der Waals surface area contributed by atoms with Crippen LogP contribution < -0.4 is 4.90 Å². The maximum Gasteiger partial charge on any atom is 0.101 e. The van der Waals surface area contributed by atoms with Crippen LogP contribution in [0.4, 0.5) is 5.69 Å². The molecule has 0 amide bonds. The highest BCUT2D eigenvalue weighted by atomic mass is 32.2. The zero-order valence-electron chi connectivity index (χ0n) is 9.73. The SMILES string of the molecule is Cc1ccc(N(C)C2CCSC2)c(C#N)c1. The Balaban J connectivity index is 2.28. The molecular weight excluding hydrogens is 216 g/mol. The summed E-state index contributed by atoms with van der Waals surface area (Å²) in [4.78, 5) is 2.26. The van der Waals surface area contributed by atoms with Crippen LogP contribution >= 0.6 is 11.8 Å². The predicted molar refractivity (Wildman–Crippen MR) is 70.0 cm³/mol. The van der Waals surface area contributed by atoms with Crippen molar-refractivity contribution in [2.45, 2.75) is 19.4 Å². The van der Waals surface area contributed by atoms with Crippen molar-refractivity contribution in [3.8, 4) is 6.07 Å². The molecule has 1 aromatic carbocycles. The summed E-state index contributed by atoms with van der Waals surface area (Å²) in [6.07, 6.45) is 1.22. The topological polar surface area (TPSA) is 27.0 Å². The average Bonchev–Trinajstić information content (AvgIpc) is 2.81. The summed E-state index contributed by atoms with van der Waals surface area (Å²) in [6.45, 7) is 2.02. The van der Waals surface area contributed by atoms with Crippen molar-refractivity contribution in [3.05, 3.63) is 29.3 Å². The van der Waals surface area contributed by atoms with E-state index >= 15 is 0 Å². The van der Waals surface area contributed by atoms with Gasteiger partial charge in [-0.25, -0.2) is 0 Å². The molecule has 0 bridgehead atoms. The Hall–Kier alpha value is -1.14. The fourth-order valence-corrected chi connectivity index (χ4v) is 3.34. The van der Waals surface area contributed by atoms with Crippen molar-refractivity contribution in [1.29, 1.82) is 5.26 Å². The molecule has 0 spiro atoms. The van der Waals surface area contributed by atoms with Gasteiger partial charge in [0.25, 0.3) is 0 Å². The number of aryl methyl sites for hydroxylation is 1. The fraction of sp³-hybridized carbons (Fsp3) is 0.462. The summed E-state index contributed by atoms with van der Waals surface area (Å²) in [7, 11) is 2.10. The molecule has 1 aliphatic rings. The highest BCUT2D eigenvalue weighted by molar-refractivity contribution is 7.99. The Labute approximate surface area is 101 Å². The van der Waals surface area contributed by atoms with Gasteiger partial charge in [0, 0.05) is 18.8 Å². The van der Waals surface area contributed by atoms with Gasteiger partial charge < -0.3 is 4.90 Å². The minimum atomic E-state index is 0.583. The van der Waals surface area contributed by atoms with Gasteiger partial charge in [0.15, 0.2) is 0 Å². The van der Waals surface area contributed by atoms with Gasteiger partial charge in [0.05, 0.1) is 11.3 Å². The molecule has 16 heavy (non-hydrogen) atoms. The van der Waals surface area contributed by atoms with E-state index in [1.54, 1.807) is 0 Å². The number of hydrogen-bond donors (Lipinski definition) is 0. The minimum absolute atomic E-state index is 0.583. The molecule has 1 aromatic rings. The van der Waals surface area contributed by atoms with Crippen molar-refractivity contribution < 1.29 is 0 Å². The summed E-state index contributed by atoms with van der Waals surface area (Å²) in [5.74, 6) is 2.41. The lowest BCUT2D eigenvalue weighted by molar-refractivity contribution is 0.699. The summed E-state index contributed by atoms with van der Waals surface area (Å²) in [5.41, 5.74) is 3.01. The monoisotopic (exact) mass is 232 g/mol. The predicted octanol–water partition coefficient (Wildman–Crippen LogP) is 2.81. The molecule has 2 rings (SSSR count). The summed E-state index contributed by atoms with van der Waals surface area (Å²) in [6, 6.07) is 8.99. The van der Waals surface area contributed by atoms with Gasteiger partial charge in [-0.15, -0.1) is 0 Å². The van der Waals surface area contributed by atoms with Crippen LogP contribution in [0, 0.1) is 18.3 Å². The van der Waals surface area contributed by atoms with Gasteiger partial charge >= 0.3 is 0 Å². The third-order valence-electron chi connectivity index (χ3n) is 3.11. The number of nitrogens with zero attached hydrogens (tertiary/aromatic N) is 2. The molecule has 84 valence electrons. The van der Waals surface area contributed by atoms with Crippen molar-refractivity contribution in [2.24, 2.45) is 0 Å². The first-order valence-electron chi connectivity index (χ1n) is 5.53. The van der Waals surface area contributed by atoms with Gasteiger partial charge in [-0.3, -0.25) is 0 Å². The zero-order chi connectivity index (χ0) is 11.5. The molecule has 0 aliphatic carbocycles.